The van der Waals surface area contributed by atoms with Crippen LogP contribution in [0.2, 0.25) is 0 Å². The van der Waals surface area contributed by atoms with Crippen molar-refractivity contribution in [3.8, 4) is 0 Å². The molecule has 0 N–H and O–H groups in total. The third kappa shape index (κ3) is 5.16. The van der Waals surface area contributed by atoms with Crippen molar-refractivity contribution in [2.75, 3.05) is 12.2 Å². The zero-order chi connectivity index (χ0) is 5.70. The van der Waals surface area contributed by atoms with E-state index in [0.29, 0.717) is 5.56 Å². The van der Waals surface area contributed by atoms with Gasteiger partial charge in [0.15, 0.2) is 0 Å². The summed E-state index contributed by atoms with van der Waals surface area (Å²) in [5, 5.41) is 0. The number of halogens is 1. The highest BCUT2D eigenvalue weighted by Gasteiger charge is 1.94. The Morgan fingerprint density at radius 1 is 1.86 bits per heavy atom. The Labute approximate surface area is 61.7 Å². The molecule has 0 heterocycles. The lowest BCUT2D eigenvalue weighted by molar-refractivity contribution is 1.51. The first-order chi connectivity index (χ1) is 3.31. The lowest BCUT2D eigenvalue weighted by Gasteiger charge is -2.00. The minimum Gasteiger partial charge on any atom is -0.0607 e. The van der Waals surface area contributed by atoms with Gasteiger partial charge >= 0.3 is 0 Å². The van der Waals surface area contributed by atoms with Gasteiger partial charge in [0, 0.05) is 0 Å². The molecule has 0 nitrogen and oxygen atoms in total. The average molecular weight is 226 g/mol. The molecule has 0 aliphatic rings. The fourth-order valence-electron chi connectivity index (χ4n) is 0.401. The summed E-state index contributed by atoms with van der Waals surface area (Å²) in [4.78, 5) is 0. The monoisotopic (exact) mass is 226 g/mol. The summed E-state index contributed by atoms with van der Waals surface area (Å²) in [5.74, 6) is 0. The molecule has 0 bridgehead atoms. The maximum absolute atomic E-state index is 2.57. The van der Waals surface area contributed by atoms with Gasteiger partial charge in [0.05, 0.1) is 14.9 Å². The molecule has 4 heteroatoms. The Hall–Kier alpha value is 1.29. The van der Waals surface area contributed by atoms with Crippen LogP contribution in [0.15, 0.2) is 0 Å². The Balaban J connectivity index is 2.83. The van der Waals surface area contributed by atoms with E-state index in [0.717, 1.165) is 0 Å². The summed E-state index contributed by atoms with van der Waals surface area (Å²) in [6.07, 6.45) is 1.39. The van der Waals surface area contributed by atoms with Crippen LogP contribution in [0.3, 0.4) is 0 Å². The first-order valence-electron chi connectivity index (χ1n) is 2.72. The zero-order valence-electron chi connectivity index (χ0n) is 4.95. The Morgan fingerprint density at radius 2 is 2.43 bits per heavy atom. The van der Waals surface area contributed by atoms with Crippen LogP contribution in [0.4, 0.5) is 0 Å². The van der Waals surface area contributed by atoms with Gasteiger partial charge in [-0.2, -0.15) is 0 Å². The van der Waals surface area contributed by atoms with E-state index in [1.54, 1.807) is 0 Å². The molecule has 0 fully saturated rings. The molecule has 1 atom stereocenters. The second kappa shape index (κ2) is 5.43. The molecule has 40 valence electrons. The van der Waals surface area contributed by atoms with Crippen LogP contribution in [0.5, 0.6) is 0 Å². The molecular formula is C3H10B2IP. The van der Waals surface area contributed by atoms with E-state index >= 15 is 0 Å². The van der Waals surface area contributed by atoms with Gasteiger partial charge in [0.25, 0.3) is 0 Å². The average Bonchev–Trinajstić information content (AvgIpc) is 1.68. The molecule has 0 aliphatic heterocycles. The zero-order valence-corrected chi connectivity index (χ0v) is 8.00. The highest BCUT2D eigenvalue weighted by Crippen LogP contribution is 2.42. The molecule has 0 aromatic rings. The molecule has 0 radical (unpaired) electrons. The summed E-state index contributed by atoms with van der Waals surface area (Å²) in [5.41, 5.74) is 0.392. The van der Waals surface area contributed by atoms with Crippen molar-refractivity contribution in [2.24, 2.45) is 0 Å². The minimum atomic E-state index is 0.392. The molecule has 0 aliphatic carbocycles. The van der Waals surface area contributed by atoms with Crippen molar-refractivity contribution >= 4 is 42.5 Å². The van der Waals surface area contributed by atoms with Crippen molar-refractivity contribution in [3.63, 3.8) is 0 Å². The Bertz CT molecular complexity index is 43.9. The van der Waals surface area contributed by atoms with Gasteiger partial charge in [-0.05, 0) is 11.7 Å². The molecule has 0 rings (SSSR count). The van der Waals surface area contributed by atoms with Gasteiger partial charge in [0.2, 0.25) is 0 Å². The predicted octanol–water partition coefficient (Wildman–Crippen LogP) is 0.780. The summed E-state index contributed by atoms with van der Waals surface area (Å²) >= 11 is 2.57. The SMILES string of the molecule is BBCP(I)CC. The smallest absolute Gasteiger partial charge is 0.0607 e. The summed E-state index contributed by atoms with van der Waals surface area (Å²) in [7, 11) is 3.62. The first-order valence-corrected chi connectivity index (χ1v) is 7.21. The van der Waals surface area contributed by atoms with E-state index in [4.69, 9.17) is 0 Å². The third-order valence-electron chi connectivity index (χ3n) is 0.809. The number of rotatable bonds is 3. The molecule has 0 spiro atoms. The van der Waals surface area contributed by atoms with Crippen LogP contribution in [-0.4, -0.2) is 27.1 Å². The van der Waals surface area contributed by atoms with Crippen molar-refractivity contribution in [1.82, 2.24) is 0 Å². The van der Waals surface area contributed by atoms with Crippen molar-refractivity contribution in [2.45, 2.75) is 6.92 Å². The highest BCUT2D eigenvalue weighted by atomic mass is 127. The number of hydrogen-bond donors (Lipinski definition) is 0. The minimum absolute atomic E-state index is 0.392. The van der Waals surface area contributed by atoms with Crippen molar-refractivity contribution in [1.29, 1.82) is 0 Å². The lowest BCUT2D eigenvalue weighted by atomic mass is 9.58. The quantitative estimate of drug-likeness (QED) is 0.378. The molecule has 0 amide bonds. The molecule has 1 unspecified atom stereocenters. The fourth-order valence-corrected chi connectivity index (χ4v) is 2.65. The van der Waals surface area contributed by atoms with E-state index in [-0.39, 0.29) is 0 Å². The maximum Gasteiger partial charge on any atom is 0.0884 e. The Morgan fingerprint density at radius 3 is 2.57 bits per heavy atom. The second-order valence-corrected chi connectivity index (χ2v) is 7.60. The van der Waals surface area contributed by atoms with Crippen LogP contribution < -0.4 is 0 Å². The first kappa shape index (κ1) is 8.29. The van der Waals surface area contributed by atoms with Crippen LogP contribution in [0, 0.1) is 0 Å². The van der Waals surface area contributed by atoms with Crippen LogP contribution in [0.25, 0.3) is 0 Å². The second-order valence-electron chi connectivity index (χ2n) is 1.50. The molecule has 0 saturated carbocycles. The van der Waals surface area contributed by atoms with Gasteiger partial charge in [0.1, 0.15) is 0 Å². The van der Waals surface area contributed by atoms with Crippen molar-refractivity contribution < 1.29 is 0 Å². The van der Waals surface area contributed by atoms with Gasteiger partial charge in [-0.15, -0.1) is 0 Å². The lowest BCUT2D eigenvalue weighted by Crippen LogP contribution is -1.93. The summed E-state index contributed by atoms with van der Waals surface area (Å²) in [6.45, 7) is 2.27. The van der Waals surface area contributed by atoms with Gasteiger partial charge in [-0.25, -0.2) is 0 Å². The van der Waals surface area contributed by atoms with Gasteiger partial charge in [-0.1, -0.05) is 35.0 Å². The van der Waals surface area contributed by atoms with E-state index in [2.05, 4.69) is 36.7 Å². The van der Waals surface area contributed by atoms with E-state index in [1.165, 1.54) is 19.4 Å². The normalized spacial score (nSPS) is 13.4. The Kier molecular flexibility index (Phi) is 6.43. The fraction of sp³-hybridized carbons (Fsp3) is 1.00. The van der Waals surface area contributed by atoms with Crippen molar-refractivity contribution in [3.05, 3.63) is 0 Å². The van der Waals surface area contributed by atoms with Crippen LogP contribution in [-0.2, 0) is 0 Å². The maximum atomic E-state index is 2.57. The van der Waals surface area contributed by atoms with Crippen LogP contribution >= 0.6 is 27.6 Å². The third-order valence-corrected chi connectivity index (χ3v) is 5.92. The molecule has 7 heavy (non-hydrogen) atoms. The highest BCUT2D eigenvalue weighted by molar-refractivity contribution is 14.2. The molecule has 0 saturated heterocycles. The number of hydrogen-bond acceptors (Lipinski definition) is 0. The summed E-state index contributed by atoms with van der Waals surface area (Å²) < 4.78 is 0. The van der Waals surface area contributed by atoms with Gasteiger partial charge in [-0.3, -0.25) is 0 Å². The topological polar surface area (TPSA) is 0 Å². The largest absolute Gasteiger partial charge is 0.0884 e. The van der Waals surface area contributed by atoms with E-state index in [9.17, 15) is 0 Å². The molecular weight excluding hydrogens is 216 g/mol. The standard InChI is InChI=1S/C3H10B2IP/c1-2-7(6)3-5-4/h5H,2-4H2,1H3. The molecule has 0 aromatic heterocycles. The van der Waals surface area contributed by atoms with Gasteiger partial charge < -0.3 is 0 Å². The predicted molar refractivity (Wildman–Crippen MR) is 52.0 cm³/mol. The van der Waals surface area contributed by atoms with E-state index in [1.807, 2.05) is 0 Å². The van der Waals surface area contributed by atoms with E-state index < -0.39 is 0 Å². The van der Waals surface area contributed by atoms with Crippen LogP contribution in [0.1, 0.15) is 6.92 Å². The molecule has 0 aromatic carbocycles. The summed E-state index contributed by atoms with van der Waals surface area (Å²) in [6, 6.07) is 1.45.